The first-order valence-corrected chi connectivity index (χ1v) is 9.98. The molecule has 3 nitrogen and oxygen atoms in total. The summed E-state index contributed by atoms with van der Waals surface area (Å²) < 4.78 is 0. The molecule has 0 aromatic heterocycles. The van der Waals surface area contributed by atoms with Crippen LogP contribution in [0.5, 0.6) is 0 Å². The molecule has 1 aliphatic heterocycles. The molecule has 3 aromatic rings. The highest BCUT2D eigenvalue weighted by atomic mass is 16.2. The monoisotopic (exact) mass is 370 g/mol. The zero-order valence-corrected chi connectivity index (χ0v) is 16.1. The number of carbonyl (C=O) groups is 1. The zero-order chi connectivity index (χ0) is 19.2. The maximum Gasteiger partial charge on any atom is 0.228 e. The van der Waals surface area contributed by atoms with Gasteiger partial charge in [-0.2, -0.15) is 0 Å². The van der Waals surface area contributed by atoms with E-state index in [1.54, 1.807) is 0 Å². The lowest BCUT2D eigenvalue weighted by Gasteiger charge is -2.30. The van der Waals surface area contributed by atoms with E-state index in [4.69, 9.17) is 0 Å². The average Bonchev–Trinajstić information content (AvgIpc) is 2.77. The number of amides is 1. The highest BCUT2D eigenvalue weighted by molar-refractivity contribution is 5.93. The molecule has 0 N–H and O–H groups in total. The topological polar surface area (TPSA) is 23.6 Å². The Bertz CT molecular complexity index is 908. The zero-order valence-electron chi connectivity index (χ0n) is 16.1. The van der Waals surface area contributed by atoms with Gasteiger partial charge in [0.15, 0.2) is 0 Å². The summed E-state index contributed by atoms with van der Waals surface area (Å²) in [4.78, 5) is 17.4. The van der Waals surface area contributed by atoms with Crippen LogP contribution in [0.15, 0.2) is 84.9 Å². The molecule has 4 rings (SSSR count). The van der Waals surface area contributed by atoms with Gasteiger partial charge in [-0.3, -0.25) is 9.69 Å². The molecule has 142 valence electrons. The van der Waals surface area contributed by atoms with Crippen molar-refractivity contribution in [2.75, 3.05) is 18.0 Å². The summed E-state index contributed by atoms with van der Waals surface area (Å²) in [5.74, 6) is 0.175. The van der Waals surface area contributed by atoms with E-state index < -0.39 is 0 Å². The maximum absolute atomic E-state index is 13.1. The third-order valence-electron chi connectivity index (χ3n) is 5.40. The van der Waals surface area contributed by atoms with Gasteiger partial charge in [0.1, 0.15) is 0 Å². The van der Waals surface area contributed by atoms with E-state index in [1.165, 1.54) is 11.1 Å². The summed E-state index contributed by atoms with van der Waals surface area (Å²) in [5.41, 5.74) is 4.94. The van der Waals surface area contributed by atoms with Gasteiger partial charge in [-0.15, -0.1) is 0 Å². The first-order valence-electron chi connectivity index (χ1n) is 9.98. The number of carbonyl (C=O) groups excluding carboxylic acids is 1. The third-order valence-corrected chi connectivity index (χ3v) is 5.40. The van der Waals surface area contributed by atoms with Crippen LogP contribution in [0.25, 0.3) is 0 Å². The molecular weight excluding hydrogens is 344 g/mol. The summed E-state index contributed by atoms with van der Waals surface area (Å²) in [7, 11) is 0. The number of anilines is 1. The second kappa shape index (κ2) is 8.85. The van der Waals surface area contributed by atoms with E-state index in [0.29, 0.717) is 13.0 Å². The molecule has 0 saturated heterocycles. The fraction of sp³-hybridized carbons (Fsp3) is 0.240. The third kappa shape index (κ3) is 4.49. The van der Waals surface area contributed by atoms with Crippen LogP contribution in [0, 0.1) is 0 Å². The lowest BCUT2D eigenvalue weighted by atomic mass is 10.00. The van der Waals surface area contributed by atoms with Crippen LogP contribution in [-0.4, -0.2) is 23.9 Å². The second-order valence-electron chi connectivity index (χ2n) is 7.35. The molecule has 0 radical (unpaired) electrons. The first kappa shape index (κ1) is 18.5. The normalized spacial score (nSPS) is 13.7. The lowest BCUT2D eigenvalue weighted by molar-refractivity contribution is -0.119. The van der Waals surface area contributed by atoms with Crippen molar-refractivity contribution in [3.05, 3.63) is 102 Å². The molecule has 0 unspecified atom stereocenters. The van der Waals surface area contributed by atoms with Crippen LogP contribution in [0.4, 0.5) is 5.69 Å². The van der Waals surface area contributed by atoms with Gasteiger partial charge >= 0.3 is 0 Å². The molecular formula is C25H26N2O. The number of para-hydroxylation sites is 1. The van der Waals surface area contributed by atoms with Gasteiger partial charge in [-0.25, -0.2) is 0 Å². The van der Waals surface area contributed by atoms with E-state index >= 15 is 0 Å². The standard InChI is InChI=1S/C25H26N2O/c28-25(16-18-26-17-15-22-11-7-8-12-23(22)20-26)27(24-13-5-2-6-14-24)19-21-9-3-1-4-10-21/h1-14H,15-20H2. The highest BCUT2D eigenvalue weighted by Gasteiger charge is 2.20. The molecule has 0 aliphatic carbocycles. The molecule has 0 atom stereocenters. The molecule has 0 bridgehead atoms. The van der Waals surface area contributed by atoms with Crippen LogP contribution in [0.3, 0.4) is 0 Å². The van der Waals surface area contributed by atoms with Crippen molar-refractivity contribution in [3.63, 3.8) is 0 Å². The molecule has 1 amide bonds. The fourth-order valence-electron chi connectivity index (χ4n) is 3.83. The Morgan fingerprint density at radius 2 is 1.46 bits per heavy atom. The lowest BCUT2D eigenvalue weighted by Crippen LogP contribution is -2.36. The van der Waals surface area contributed by atoms with Crippen LogP contribution in [-0.2, 0) is 24.3 Å². The van der Waals surface area contributed by atoms with Gasteiger partial charge in [0.05, 0.1) is 6.54 Å². The number of nitrogens with zero attached hydrogens (tertiary/aromatic N) is 2. The highest BCUT2D eigenvalue weighted by Crippen LogP contribution is 2.21. The maximum atomic E-state index is 13.1. The summed E-state index contributed by atoms with van der Waals surface area (Å²) in [6.45, 7) is 3.36. The van der Waals surface area contributed by atoms with Gasteiger partial charge in [0, 0.05) is 31.7 Å². The predicted octanol–water partition coefficient (Wildman–Crippen LogP) is 4.67. The number of benzene rings is 3. The Balaban J connectivity index is 1.43. The van der Waals surface area contributed by atoms with Gasteiger partial charge in [-0.05, 0) is 35.2 Å². The molecule has 0 spiro atoms. The molecule has 3 aromatic carbocycles. The van der Waals surface area contributed by atoms with Gasteiger partial charge < -0.3 is 4.90 Å². The predicted molar refractivity (Wildman–Crippen MR) is 114 cm³/mol. The van der Waals surface area contributed by atoms with Crippen LogP contribution in [0.2, 0.25) is 0 Å². The van der Waals surface area contributed by atoms with Crippen molar-refractivity contribution < 1.29 is 4.79 Å². The first-order chi connectivity index (χ1) is 13.8. The molecule has 1 heterocycles. The number of rotatable bonds is 6. The fourth-order valence-corrected chi connectivity index (χ4v) is 3.83. The smallest absolute Gasteiger partial charge is 0.228 e. The van der Waals surface area contributed by atoms with E-state index in [9.17, 15) is 4.79 Å². The Hall–Kier alpha value is -2.91. The minimum atomic E-state index is 0.175. The molecule has 1 aliphatic rings. The number of hydrogen-bond acceptors (Lipinski definition) is 2. The van der Waals surface area contributed by atoms with Crippen LogP contribution in [0.1, 0.15) is 23.1 Å². The van der Waals surface area contributed by atoms with Crippen molar-refractivity contribution in [1.29, 1.82) is 0 Å². The van der Waals surface area contributed by atoms with E-state index in [1.807, 2.05) is 53.4 Å². The Morgan fingerprint density at radius 1 is 0.821 bits per heavy atom. The Morgan fingerprint density at radius 3 is 2.21 bits per heavy atom. The molecule has 0 saturated carbocycles. The molecule has 3 heteroatoms. The van der Waals surface area contributed by atoms with Crippen molar-refractivity contribution in [3.8, 4) is 0 Å². The molecule has 0 fully saturated rings. The van der Waals surface area contributed by atoms with Crippen LogP contribution < -0.4 is 4.90 Å². The van der Waals surface area contributed by atoms with Gasteiger partial charge in [0.2, 0.25) is 5.91 Å². The SMILES string of the molecule is O=C(CCN1CCc2ccccc2C1)N(Cc1ccccc1)c1ccccc1. The Kier molecular flexibility index (Phi) is 5.83. The van der Waals surface area contributed by atoms with Crippen molar-refractivity contribution in [2.24, 2.45) is 0 Å². The van der Waals surface area contributed by atoms with Gasteiger partial charge in [-0.1, -0.05) is 72.8 Å². The summed E-state index contributed by atoms with van der Waals surface area (Å²) in [5, 5.41) is 0. The van der Waals surface area contributed by atoms with Gasteiger partial charge in [0.25, 0.3) is 0 Å². The van der Waals surface area contributed by atoms with Crippen molar-refractivity contribution in [1.82, 2.24) is 4.90 Å². The van der Waals surface area contributed by atoms with Crippen LogP contribution >= 0.6 is 0 Å². The summed E-state index contributed by atoms with van der Waals surface area (Å²) >= 11 is 0. The van der Waals surface area contributed by atoms with E-state index in [-0.39, 0.29) is 5.91 Å². The minimum Gasteiger partial charge on any atom is -0.308 e. The average molecular weight is 370 g/mol. The second-order valence-corrected chi connectivity index (χ2v) is 7.35. The van der Waals surface area contributed by atoms with Crippen molar-refractivity contribution in [2.45, 2.75) is 25.9 Å². The number of hydrogen-bond donors (Lipinski definition) is 0. The minimum absolute atomic E-state index is 0.175. The van der Waals surface area contributed by atoms with Crippen molar-refractivity contribution >= 4 is 11.6 Å². The van der Waals surface area contributed by atoms with E-state index in [0.717, 1.165) is 37.3 Å². The summed E-state index contributed by atoms with van der Waals surface area (Å²) in [6, 6.07) is 28.8. The quantitative estimate of drug-likeness (QED) is 0.630. The largest absolute Gasteiger partial charge is 0.308 e. The molecule has 28 heavy (non-hydrogen) atoms. The van der Waals surface area contributed by atoms with E-state index in [2.05, 4.69) is 41.3 Å². The number of fused-ring (bicyclic) bond motifs is 1. The Labute approximate surface area is 167 Å². The summed E-state index contributed by atoms with van der Waals surface area (Å²) in [6.07, 6.45) is 1.60.